The van der Waals surface area contributed by atoms with Gasteiger partial charge < -0.3 is 54.3 Å². The second-order valence-electron chi connectivity index (χ2n) is 9.98. The molecule has 0 bridgehead atoms. The summed E-state index contributed by atoms with van der Waals surface area (Å²) in [5, 5.41) is 61.0. The molecule has 0 amide bonds. The van der Waals surface area contributed by atoms with Gasteiger partial charge in [0, 0.05) is 7.11 Å². The van der Waals surface area contributed by atoms with Crippen LogP contribution in [0.3, 0.4) is 0 Å². The first-order valence-corrected chi connectivity index (χ1v) is 12.3. The van der Waals surface area contributed by atoms with E-state index < -0.39 is 80.2 Å². The molecular weight excluding hydrogens is 464 g/mol. The van der Waals surface area contributed by atoms with E-state index in [2.05, 4.69) is 20.4 Å². The molecular formula is C24H42O11. The van der Waals surface area contributed by atoms with Crippen molar-refractivity contribution in [2.24, 2.45) is 11.8 Å². The number of hydrogen-bond acceptors (Lipinski definition) is 11. The van der Waals surface area contributed by atoms with Crippen LogP contribution in [0.4, 0.5) is 0 Å². The third kappa shape index (κ3) is 5.32. The third-order valence-electron chi connectivity index (χ3n) is 8.12. The van der Waals surface area contributed by atoms with Crippen LogP contribution in [-0.4, -0.2) is 118 Å². The molecule has 3 rings (SSSR count). The van der Waals surface area contributed by atoms with Crippen molar-refractivity contribution in [1.29, 1.82) is 0 Å². The Morgan fingerprint density at radius 2 is 1.51 bits per heavy atom. The van der Waals surface area contributed by atoms with E-state index >= 15 is 0 Å². The van der Waals surface area contributed by atoms with Crippen LogP contribution < -0.4 is 0 Å². The van der Waals surface area contributed by atoms with Crippen LogP contribution in [0, 0.1) is 11.8 Å². The zero-order valence-corrected chi connectivity index (χ0v) is 20.9. The Balaban J connectivity index is 1.94. The summed E-state index contributed by atoms with van der Waals surface area (Å²) in [7, 11) is 1.36. The summed E-state index contributed by atoms with van der Waals surface area (Å²) in [6.45, 7) is 9.35. The summed E-state index contributed by atoms with van der Waals surface area (Å²) >= 11 is 0. The van der Waals surface area contributed by atoms with Gasteiger partial charge in [-0.3, -0.25) is 0 Å². The van der Waals surface area contributed by atoms with Crippen molar-refractivity contribution < 1.29 is 54.3 Å². The zero-order valence-electron chi connectivity index (χ0n) is 20.9. The van der Waals surface area contributed by atoms with Crippen molar-refractivity contribution in [2.45, 2.75) is 107 Å². The predicted molar refractivity (Wildman–Crippen MR) is 122 cm³/mol. The molecule has 3 fully saturated rings. The highest BCUT2D eigenvalue weighted by atomic mass is 16.8. The number of methoxy groups -OCH3 is 1. The molecule has 1 aliphatic carbocycles. The summed E-state index contributed by atoms with van der Waals surface area (Å²) in [5.74, 6) is 0.441. The molecule has 35 heavy (non-hydrogen) atoms. The number of hydrogen-bond donors (Lipinski definition) is 6. The lowest BCUT2D eigenvalue weighted by Crippen LogP contribution is -2.66. The largest absolute Gasteiger partial charge is 0.394 e. The summed E-state index contributed by atoms with van der Waals surface area (Å²) in [5.41, 5.74) is 0.126. The minimum absolute atomic E-state index is 0.0897. The number of ether oxygens (including phenoxy) is 5. The van der Waals surface area contributed by atoms with E-state index in [0.29, 0.717) is 18.8 Å². The lowest BCUT2D eigenvalue weighted by atomic mass is 9.81. The molecule has 0 aromatic heterocycles. The van der Waals surface area contributed by atoms with Crippen LogP contribution in [-0.2, 0) is 23.7 Å². The molecule has 13 atom stereocenters. The van der Waals surface area contributed by atoms with Crippen LogP contribution in [0.1, 0.15) is 40.0 Å². The molecule has 0 spiro atoms. The Bertz CT molecular complexity index is 705. The zero-order chi connectivity index (χ0) is 26.1. The molecule has 1 saturated carbocycles. The van der Waals surface area contributed by atoms with E-state index in [1.54, 1.807) is 0 Å². The van der Waals surface area contributed by atoms with E-state index in [1.165, 1.54) is 7.11 Å². The molecule has 0 aromatic carbocycles. The van der Waals surface area contributed by atoms with Gasteiger partial charge in [0.2, 0.25) is 0 Å². The fourth-order valence-electron chi connectivity index (χ4n) is 5.52. The molecule has 12 unspecified atom stereocenters. The van der Waals surface area contributed by atoms with E-state index in [-0.39, 0.29) is 5.92 Å². The topological polar surface area (TPSA) is 168 Å². The van der Waals surface area contributed by atoms with Crippen molar-refractivity contribution >= 4 is 0 Å². The van der Waals surface area contributed by atoms with Crippen LogP contribution in [0.5, 0.6) is 0 Å². The van der Waals surface area contributed by atoms with Crippen LogP contribution in [0.15, 0.2) is 12.2 Å². The van der Waals surface area contributed by atoms with Gasteiger partial charge in [0.1, 0.15) is 48.8 Å². The SMILES string of the molecule is C=C(CC)C1(OC2OC(CO)C(O)C(OC)C2OC2OC(CO)C(O)C(O)C2O)CCC(C)[C@@H]1C. The van der Waals surface area contributed by atoms with Gasteiger partial charge in [-0.05, 0) is 36.7 Å². The van der Waals surface area contributed by atoms with Crippen LogP contribution in [0.2, 0.25) is 0 Å². The molecule has 0 aromatic rings. The summed E-state index contributed by atoms with van der Waals surface area (Å²) in [6.07, 6.45) is -11.0. The molecule has 204 valence electrons. The van der Waals surface area contributed by atoms with Gasteiger partial charge in [-0.2, -0.15) is 0 Å². The molecule has 2 heterocycles. The van der Waals surface area contributed by atoms with Crippen molar-refractivity contribution in [3.63, 3.8) is 0 Å². The molecule has 2 saturated heterocycles. The second-order valence-corrected chi connectivity index (χ2v) is 9.98. The first-order valence-electron chi connectivity index (χ1n) is 12.3. The molecule has 3 aliphatic rings. The summed E-state index contributed by atoms with van der Waals surface area (Å²) < 4.78 is 29.6. The van der Waals surface area contributed by atoms with Crippen LogP contribution in [0.25, 0.3) is 0 Å². The fraction of sp³-hybridized carbons (Fsp3) is 0.917. The van der Waals surface area contributed by atoms with Crippen molar-refractivity contribution in [1.82, 2.24) is 0 Å². The normalized spacial score (nSPS) is 48.7. The highest BCUT2D eigenvalue weighted by molar-refractivity contribution is 5.19. The average molecular weight is 507 g/mol. The Morgan fingerprint density at radius 3 is 2.03 bits per heavy atom. The first-order chi connectivity index (χ1) is 16.6. The van der Waals surface area contributed by atoms with Gasteiger partial charge in [0.15, 0.2) is 12.6 Å². The fourth-order valence-corrected chi connectivity index (χ4v) is 5.52. The Hall–Kier alpha value is -0.700. The van der Waals surface area contributed by atoms with E-state index in [4.69, 9.17) is 23.7 Å². The van der Waals surface area contributed by atoms with Gasteiger partial charge in [0.05, 0.1) is 18.8 Å². The maximum absolute atomic E-state index is 10.8. The van der Waals surface area contributed by atoms with Gasteiger partial charge >= 0.3 is 0 Å². The standard InChI is InChI=1S/C24H42O11/c1-6-12(3)24(8-7-11(2)13(24)4)35-23-21(20(31-5)17(28)15(10-26)33-23)34-22-19(30)18(29)16(27)14(9-25)32-22/h11,13-23,25-30H,3,6-10H2,1-2,4-5H3/t11?,13-,14?,15?,16?,17?,18?,19?,20?,21?,22?,23?,24?/m0/s1. The van der Waals surface area contributed by atoms with Crippen molar-refractivity contribution in [3.05, 3.63) is 12.2 Å². The lowest BCUT2D eigenvalue weighted by molar-refractivity contribution is -0.379. The predicted octanol–water partition coefficient (Wildman–Crippen LogP) is -0.948. The maximum atomic E-state index is 10.8. The van der Waals surface area contributed by atoms with Gasteiger partial charge in [-0.1, -0.05) is 27.4 Å². The van der Waals surface area contributed by atoms with E-state index in [9.17, 15) is 30.6 Å². The smallest absolute Gasteiger partial charge is 0.188 e. The van der Waals surface area contributed by atoms with Gasteiger partial charge in [-0.15, -0.1) is 0 Å². The Morgan fingerprint density at radius 1 is 0.914 bits per heavy atom. The average Bonchev–Trinajstić information content (AvgIpc) is 3.14. The maximum Gasteiger partial charge on any atom is 0.188 e. The number of aliphatic hydroxyl groups is 6. The molecule has 11 nitrogen and oxygen atoms in total. The Labute approximate surface area is 206 Å². The van der Waals surface area contributed by atoms with Gasteiger partial charge in [0.25, 0.3) is 0 Å². The Kier molecular flexibility index (Phi) is 9.72. The minimum atomic E-state index is -1.66. The van der Waals surface area contributed by atoms with Crippen molar-refractivity contribution in [2.75, 3.05) is 20.3 Å². The second kappa shape index (κ2) is 11.8. The third-order valence-corrected chi connectivity index (χ3v) is 8.12. The molecule has 2 aliphatic heterocycles. The summed E-state index contributed by atoms with van der Waals surface area (Å²) in [6, 6.07) is 0. The van der Waals surface area contributed by atoms with E-state index in [0.717, 1.165) is 12.0 Å². The number of rotatable bonds is 9. The number of aliphatic hydroxyl groups excluding tert-OH is 6. The highest BCUT2D eigenvalue weighted by Gasteiger charge is 2.55. The molecule has 11 heteroatoms. The monoisotopic (exact) mass is 506 g/mol. The lowest BCUT2D eigenvalue weighted by Gasteiger charge is -2.49. The van der Waals surface area contributed by atoms with Crippen molar-refractivity contribution in [3.8, 4) is 0 Å². The molecule has 6 N–H and O–H groups in total. The molecule has 0 radical (unpaired) electrons. The summed E-state index contributed by atoms with van der Waals surface area (Å²) in [4.78, 5) is 0. The quantitative estimate of drug-likeness (QED) is 0.213. The van der Waals surface area contributed by atoms with Gasteiger partial charge in [-0.25, -0.2) is 0 Å². The first kappa shape index (κ1) is 28.9. The van der Waals surface area contributed by atoms with E-state index in [1.807, 2.05) is 6.92 Å². The minimum Gasteiger partial charge on any atom is -0.394 e. The van der Waals surface area contributed by atoms with Crippen LogP contribution >= 0.6 is 0 Å². The highest BCUT2D eigenvalue weighted by Crippen LogP contribution is 2.49.